The molecule has 0 saturated carbocycles. The molecule has 0 aliphatic rings. The number of nitrogen functional groups attached to an aromatic ring is 1. The van der Waals surface area contributed by atoms with Gasteiger partial charge < -0.3 is 11.1 Å². The third-order valence-electron chi connectivity index (χ3n) is 3.25. The normalized spacial score (nSPS) is 14.2. The van der Waals surface area contributed by atoms with Gasteiger partial charge in [-0.3, -0.25) is 4.79 Å². The van der Waals surface area contributed by atoms with Crippen molar-refractivity contribution in [3.8, 4) is 0 Å². The van der Waals surface area contributed by atoms with Gasteiger partial charge in [-0.2, -0.15) is 0 Å². The molecule has 0 saturated heterocycles. The van der Waals surface area contributed by atoms with E-state index in [2.05, 4.69) is 26.1 Å². The van der Waals surface area contributed by atoms with E-state index >= 15 is 0 Å². The van der Waals surface area contributed by atoms with E-state index in [4.69, 9.17) is 5.73 Å². The molecule has 0 radical (unpaired) electrons. The Morgan fingerprint density at radius 2 is 1.89 bits per heavy atom. The van der Waals surface area contributed by atoms with Crippen molar-refractivity contribution in [3.05, 3.63) is 23.8 Å². The molecular weight excluding hydrogens is 256 g/mol. The van der Waals surface area contributed by atoms with Crippen molar-refractivity contribution in [2.75, 3.05) is 11.1 Å². The van der Waals surface area contributed by atoms with Gasteiger partial charge in [-0.1, -0.05) is 26.8 Å². The number of aryl methyl sites for hydroxylation is 1. The average Bonchev–Trinajstić information content (AvgIpc) is 2.33. The number of thioether (sulfide) groups is 1. The van der Waals surface area contributed by atoms with Gasteiger partial charge in [0.15, 0.2) is 0 Å². The van der Waals surface area contributed by atoms with Gasteiger partial charge in [0.1, 0.15) is 0 Å². The summed E-state index contributed by atoms with van der Waals surface area (Å²) in [5.74, 6) is 0.598. The molecule has 1 amide bonds. The topological polar surface area (TPSA) is 55.1 Å². The van der Waals surface area contributed by atoms with Crippen LogP contribution in [0.5, 0.6) is 0 Å². The molecule has 0 aliphatic heterocycles. The van der Waals surface area contributed by atoms with E-state index in [-0.39, 0.29) is 11.2 Å². The number of hydrogen-bond donors (Lipinski definition) is 2. The Balaban J connectivity index is 2.66. The fraction of sp³-hybridized carbons (Fsp3) is 0.533. The van der Waals surface area contributed by atoms with E-state index in [1.54, 1.807) is 17.8 Å². The first kappa shape index (κ1) is 15.9. The van der Waals surface area contributed by atoms with Crippen LogP contribution in [0.2, 0.25) is 0 Å². The van der Waals surface area contributed by atoms with Gasteiger partial charge in [-0.05, 0) is 37.5 Å². The Bertz CT molecular complexity index is 446. The number of nitrogens with two attached hydrogens (primary N) is 1. The number of hydrogen-bond acceptors (Lipinski definition) is 3. The van der Waals surface area contributed by atoms with E-state index in [0.717, 1.165) is 11.3 Å². The van der Waals surface area contributed by atoms with Crippen LogP contribution in [-0.2, 0) is 4.79 Å². The predicted octanol–water partition coefficient (Wildman–Crippen LogP) is 3.68. The maximum atomic E-state index is 12.2. The summed E-state index contributed by atoms with van der Waals surface area (Å²) in [6, 6.07) is 5.56. The molecule has 0 fully saturated rings. The minimum atomic E-state index is -0.0711. The van der Waals surface area contributed by atoms with Crippen LogP contribution in [-0.4, -0.2) is 16.4 Å². The van der Waals surface area contributed by atoms with Crippen molar-refractivity contribution in [1.29, 1.82) is 0 Å². The molecule has 0 aliphatic carbocycles. The molecule has 1 aromatic carbocycles. The van der Waals surface area contributed by atoms with Gasteiger partial charge >= 0.3 is 0 Å². The van der Waals surface area contributed by atoms with Crippen molar-refractivity contribution in [2.45, 2.75) is 45.1 Å². The van der Waals surface area contributed by atoms with Crippen LogP contribution in [0.3, 0.4) is 0 Å². The van der Waals surface area contributed by atoms with Crippen molar-refractivity contribution in [2.24, 2.45) is 5.92 Å². The van der Waals surface area contributed by atoms with Crippen LogP contribution in [0.25, 0.3) is 0 Å². The van der Waals surface area contributed by atoms with Crippen LogP contribution >= 0.6 is 11.8 Å². The van der Waals surface area contributed by atoms with Crippen LogP contribution in [0.15, 0.2) is 18.2 Å². The first-order chi connectivity index (χ1) is 8.81. The highest BCUT2D eigenvalue weighted by Gasteiger charge is 2.19. The van der Waals surface area contributed by atoms with E-state index in [0.29, 0.717) is 16.9 Å². The molecule has 1 rings (SSSR count). The molecule has 1 aromatic rings. The van der Waals surface area contributed by atoms with Crippen molar-refractivity contribution < 1.29 is 4.79 Å². The second kappa shape index (κ2) is 6.85. The molecule has 3 N–H and O–H groups in total. The number of benzene rings is 1. The van der Waals surface area contributed by atoms with Gasteiger partial charge in [-0.15, -0.1) is 11.8 Å². The smallest absolute Gasteiger partial charge is 0.237 e. The third-order valence-corrected chi connectivity index (χ3v) is 4.84. The van der Waals surface area contributed by atoms with Gasteiger partial charge in [0.25, 0.3) is 0 Å². The summed E-state index contributed by atoms with van der Waals surface area (Å²) in [6.07, 6.45) is 0. The Labute approximate surface area is 120 Å². The zero-order valence-electron chi connectivity index (χ0n) is 12.4. The molecular formula is C15H24N2OS. The van der Waals surface area contributed by atoms with E-state index in [1.165, 1.54) is 0 Å². The summed E-state index contributed by atoms with van der Waals surface area (Å²) in [6.45, 7) is 10.4. The van der Waals surface area contributed by atoms with E-state index in [1.807, 2.05) is 26.0 Å². The summed E-state index contributed by atoms with van der Waals surface area (Å²) in [7, 11) is 0. The number of carbonyl (C=O) groups excluding carboxylic acids is 1. The molecule has 0 spiro atoms. The van der Waals surface area contributed by atoms with E-state index < -0.39 is 0 Å². The Morgan fingerprint density at radius 3 is 2.47 bits per heavy atom. The lowest BCUT2D eigenvalue weighted by Crippen LogP contribution is -2.25. The van der Waals surface area contributed by atoms with E-state index in [9.17, 15) is 4.79 Å². The molecule has 4 heteroatoms. The molecule has 0 bridgehead atoms. The first-order valence-corrected chi connectivity index (χ1v) is 7.58. The summed E-state index contributed by atoms with van der Waals surface area (Å²) in [5.41, 5.74) is 8.23. The van der Waals surface area contributed by atoms with Gasteiger partial charge in [0, 0.05) is 16.6 Å². The number of rotatable bonds is 5. The zero-order chi connectivity index (χ0) is 14.6. The largest absolute Gasteiger partial charge is 0.399 e. The molecule has 0 heterocycles. The quantitative estimate of drug-likeness (QED) is 0.809. The van der Waals surface area contributed by atoms with Crippen LogP contribution < -0.4 is 11.1 Å². The SMILES string of the molecule is Cc1ccc(N)cc1NC(=O)C(C)SC(C)C(C)C. The standard InChI is InChI=1S/C15H24N2OS/c1-9(2)11(4)19-12(5)15(18)17-14-8-13(16)7-6-10(14)3/h6-9,11-12H,16H2,1-5H3,(H,17,18). The van der Waals surface area contributed by atoms with Crippen LogP contribution in [0.1, 0.15) is 33.3 Å². The molecule has 2 unspecified atom stereocenters. The first-order valence-electron chi connectivity index (χ1n) is 6.63. The Morgan fingerprint density at radius 1 is 1.26 bits per heavy atom. The Kier molecular flexibility index (Phi) is 5.73. The summed E-state index contributed by atoms with van der Waals surface area (Å²) >= 11 is 1.70. The highest BCUT2D eigenvalue weighted by atomic mass is 32.2. The monoisotopic (exact) mass is 280 g/mol. The van der Waals surface area contributed by atoms with Crippen LogP contribution in [0.4, 0.5) is 11.4 Å². The number of carbonyl (C=O) groups is 1. The number of anilines is 2. The third kappa shape index (κ3) is 4.78. The lowest BCUT2D eigenvalue weighted by Gasteiger charge is -2.20. The fourth-order valence-corrected chi connectivity index (χ4v) is 2.69. The molecule has 19 heavy (non-hydrogen) atoms. The Hall–Kier alpha value is -1.16. The number of nitrogens with one attached hydrogen (secondary N) is 1. The fourth-order valence-electron chi connectivity index (χ4n) is 1.55. The van der Waals surface area contributed by atoms with Gasteiger partial charge in [-0.25, -0.2) is 0 Å². The minimum absolute atomic E-state index is 0.0335. The predicted molar refractivity (Wildman–Crippen MR) is 85.6 cm³/mol. The van der Waals surface area contributed by atoms with Crippen molar-refractivity contribution >= 4 is 29.0 Å². The zero-order valence-corrected chi connectivity index (χ0v) is 13.2. The summed E-state index contributed by atoms with van der Waals surface area (Å²) in [4.78, 5) is 12.2. The highest BCUT2D eigenvalue weighted by Crippen LogP contribution is 2.25. The maximum absolute atomic E-state index is 12.2. The molecule has 3 nitrogen and oxygen atoms in total. The summed E-state index contributed by atoms with van der Waals surface area (Å²) in [5, 5.41) is 3.35. The van der Waals surface area contributed by atoms with Crippen LogP contribution in [0, 0.1) is 12.8 Å². The average molecular weight is 280 g/mol. The second-order valence-electron chi connectivity index (χ2n) is 5.29. The number of amides is 1. The van der Waals surface area contributed by atoms with Crippen molar-refractivity contribution in [3.63, 3.8) is 0 Å². The van der Waals surface area contributed by atoms with Crippen molar-refractivity contribution in [1.82, 2.24) is 0 Å². The minimum Gasteiger partial charge on any atom is -0.399 e. The van der Waals surface area contributed by atoms with Gasteiger partial charge in [0.2, 0.25) is 5.91 Å². The lowest BCUT2D eigenvalue weighted by atomic mass is 10.1. The summed E-state index contributed by atoms with van der Waals surface area (Å²) < 4.78 is 0. The second-order valence-corrected chi connectivity index (χ2v) is 7.01. The molecule has 2 atom stereocenters. The lowest BCUT2D eigenvalue weighted by molar-refractivity contribution is -0.115. The van der Waals surface area contributed by atoms with Gasteiger partial charge in [0.05, 0.1) is 5.25 Å². The molecule has 106 valence electrons. The highest BCUT2D eigenvalue weighted by molar-refractivity contribution is 8.01. The molecule has 0 aromatic heterocycles. The maximum Gasteiger partial charge on any atom is 0.237 e.